The Balaban J connectivity index is 2.43. The van der Waals surface area contributed by atoms with E-state index in [1.165, 1.54) is 16.0 Å². The van der Waals surface area contributed by atoms with Crippen LogP contribution in [0.3, 0.4) is 0 Å². The highest BCUT2D eigenvalue weighted by Crippen LogP contribution is 2.28. The number of fused-ring (bicyclic) bond motifs is 1. The van der Waals surface area contributed by atoms with Crippen molar-refractivity contribution in [3.05, 3.63) is 29.3 Å². The maximum Gasteiger partial charge on any atom is 0.0298 e. The predicted molar refractivity (Wildman–Crippen MR) is 53.5 cm³/mol. The van der Waals surface area contributed by atoms with Crippen molar-refractivity contribution in [3.63, 3.8) is 0 Å². The third kappa shape index (κ3) is 1.25. The van der Waals surface area contributed by atoms with E-state index in [9.17, 15) is 0 Å². The number of rotatable bonds is 1. The van der Waals surface area contributed by atoms with E-state index in [1.54, 1.807) is 0 Å². The first-order chi connectivity index (χ1) is 5.81. The fraction of sp³-hybridized carbons (Fsp3) is 0.400. The summed E-state index contributed by atoms with van der Waals surface area (Å²) in [5.74, 6) is 0. The van der Waals surface area contributed by atoms with Crippen LogP contribution in [0.1, 0.15) is 24.1 Å². The van der Waals surface area contributed by atoms with Gasteiger partial charge in [-0.05, 0) is 36.4 Å². The molecule has 1 nitrogen and oxygen atoms in total. The standard InChI is InChI=1S/C10H13NS/c1-7-10-5-9(12-2)4-3-8(10)6-11-7/h3-5,7,11H,6H2,1-2H3/t7-/m1/s1. The average Bonchev–Trinajstić information content (AvgIpc) is 2.47. The minimum atomic E-state index is 0.534. The molecule has 1 heterocycles. The lowest BCUT2D eigenvalue weighted by molar-refractivity contribution is 0.633. The van der Waals surface area contributed by atoms with Gasteiger partial charge in [0, 0.05) is 17.5 Å². The van der Waals surface area contributed by atoms with Gasteiger partial charge in [0.15, 0.2) is 0 Å². The van der Waals surface area contributed by atoms with Crippen LogP contribution in [0.25, 0.3) is 0 Å². The molecule has 2 heteroatoms. The van der Waals surface area contributed by atoms with Gasteiger partial charge in [0.25, 0.3) is 0 Å². The molecule has 0 saturated carbocycles. The zero-order chi connectivity index (χ0) is 8.55. The van der Waals surface area contributed by atoms with E-state index in [2.05, 4.69) is 36.7 Å². The van der Waals surface area contributed by atoms with Crippen molar-refractivity contribution in [2.24, 2.45) is 0 Å². The maximum absolute atomic E-state index is 3.43. The highest BCUT2D eigenvalue weighted by molar-refractivity contribution is 7.98. The van der Waals surface area contributed by atoms with Crippen molar-refractivity contribution < 1.29 is 0 Å². The Morgan fingerprint density at radius 3 is 3.08 bits per heavy atom. The summed E-state index contributed by atoms with van der Waals surface area (Å²) >= 11 is 1.81. The van der Waals surface area contributed by atoms with E-state index in [0.29, 0.717) is 6.04 Å². The molecule has 0 aromatic heterocycles. The van der Waals surface area contributed by atoms with Crippen LogP contribution < -0.4 is 5.32 Å². The van der Waals surface area contributed by atoms with E-state index in [0.717, 1.165) is 6.54 Å². The van der Waals surface area contributed by atoms with Gasteiger partial charge in [0.2, 0.25) is 0 Å². The number of thioether (sulfide) groups is 1. The van der Waals surface area contributed by atoms with Crippen molar-refractivity contribution in [2.75, 3.05) is 6.26 Å². The second-order valence-electron chi connectivity index (χ2n) is 3.17. The fourth-order valence-electron chi connectivity index (χ4n) is 1.64. The van der Waals surface area contributed by atoms with Gasteiger partial charge in [-0.1, -0.05) is 6.07 Å². The molecule has 0 spiro atoms. The molecular formula is C10H13NS. The fourth-order valence-corrected chi connectivity index (χ4v) is 2.09. The van der Waals surface area contributed by atoms with E-state index in [4.69, 9.17) is 0 Å². The van der Waals surface area contributed by atoms with Gasteiger partial charge in [-0.2, -0.15) is 0 Å². The molecule has 1 aliphatic rings. The molecule has 0 radical (unpaired) electrons. The van der Waals surface area contributed by atoms with Gasteiger partial charge in [-0.15, -0.1) is 11.8 Å². The second-order valence-corrected chi connectivity index (χ2v) is 4.05. The predicted octanol–water partition coefficient (Wildman–Crippen LogP) is 2.57. The molecule has 2 rings (SSSR count). The van der Waals surface area contributed by atoms with Gasteiger partial charge in [-0.3, -0.25) is 0 Å². The van der Waals surface area contributed by atoms with Crippen molar-refractivity contribution in [1.82, 2.24) is 5.32 Å². The van der Waals surface area contributed by atoms with E-state index < -0.39 is 0 Å². The molecule has 12 heavy (non-hydrogen) atoms. The molecule has 1 atom stereocenters. The monoisotopic (exact) mass is 179 g/mol. The van der Waals surface area contributed by atoms with Gasteiger partial charge in [0.1, 0.15) is 0 Å². The normalized spacial score (nSPS) is 21.0. The molecule has 0 amide bonds. The lowest BCUT2D eigenvalue weighted by Gasteiger charge is -2.05. The first kappa shape index (κ1) is 8.14. The Kier molecular flexibility index (Phi) is 2.11. The van der Waals surface area contributed by atoms with Crippen molar-refractivity contribution in [2.45, 2.75) is 24.4 Å². The average molecular weight is 179 g/mol. The highest BCUT2D eigenvalue weighted by Gasteiger charge is 2.16. The summed E-state index contributed by atoms with van der Waals surface area (Å²) < 4.78 is 0. The number of benzene rings is 1. The van der Waals surface area contributed by atoms with Gasteiger partial charge in [-0.25, -0.2) is 0 Å². The topological polar surface area (TPSA) is 12.0 Å². The molecule has 1 aromatic rings. The van der Waals surface area contributed by atoms with Crippen LogP contribution in [0.4, 0.5) is 0 Å². The molecule has 1 aromatic carbocycles. The molecule has 0 bridgehead atoms. The minimum Gasteiger partial charge on any atom is -0.306 e. The van der Waals surface area contributed by atoms with Crippen molar-refractivity contribution in [3.8, 4) is 0 Å². The van der Waals surface area contributed by atoms with Crippen LogP contribution in [0, 0.1) is 0 Å². The van der Waals surface area contributed by atoms with Gasteiger partial charge in [0.05, 0.1) is 0 Å². The largest absolute Gasteiger partial charge is 0.306 e. The van der Waals surface area contributed by atoms with Gasteiger partial charge < -0.3 is 5.32 Å². The SMILES string of the molecule is CSc1ccc2c(c1)[C@@H](C)NC2. The van der Waals surface area contributed by atoms with Crippen LogP contribution in [-0.2, 0) is 6.54 Å². The summed E-state index contributed by atoms with van der Waals surface area (Å²) in [6.45, 7) is 3.25. The molecule has 0 aliphatic carbocycles. The number of hydrogen-bond acceptors (Lipinski definition) is 2. The Hall–Kier alpha value is -0.470. The van der Waals surface area contributed by atoms with Gasteiger partial charge >= 0.3 is 0 Å². The van der Waals surface area contributed by atoms with Crippen LogP contribution in [-0.4, -0.2) is 6.26 Å². The lowest BCUT2D eigenvalue weighted by atomic mass is 10.1. The number of nitrogens with one attached hydrogen (secondary N) is 1. The second kappa shape index (κ2) is 3.11. The molecule has 0 saturated heterocycles. The third-order valence-electron chi connectivity index (χ3n) is 2.42. The summed E-state index contributed by atoms with van der Waals surface area (Å²) in [6, 6.07) is 7.26. The smallest absolute Gasteiger partial charge is 0.0298 e. The van der Waals surface area contributed by atoms with Crippen molar-refractivity contribution >= 4 is 11.8 Å². The first-order valence-corrected chi connectivity index (χ1v) is 5.44. The lowest BCUT2D eigenvalue weighted by Crippen LogP contribution is -2.06. The zero-order valence-electron chi connectivity index (χ0n) is 7.42. The summed E-state index contributed by atoms with van der Waals surface area (Å²) in [5.41, 5.74) is 2.93. The summed E-state index contributed by atoms with van der Waals surface area (Å²) in [7, 11) is 0. The third-order valence-corrected chi connectivity index (χ3v) is 3.14. The molecule has 1 N–H and O–H groups in total. The van der Waals surface area contributed by atoms with Crippen molar-refractivity contribution in [1.29, 1.82) is 0 Å². The minimum absolute atomic E-state index is 0.534. The van der Waals surface area contributed by atoms with Crippen LogP contribution in [0.5, 0.6) is 0 Å². The quantitative estimate of drug-likeness (QED) is 0.665. The first-order valence-electron chi connectivity index (χ1n) is 4.21. The molecule has 0 unspecified atom stereocenters. The molecule has 1 aliphatic heterocycles. The summed E-state index contributed by atoms with van der Waals surface area (Å²) in [4.78, 5) is 1.37. The van der Waals surface area contributed by atoms with E-state index in [1.807, 2.05) is 11.8 Å². The Morgan fingerprint density at radius 1 is 1.50 bits per heavy atom. The Bertz CT molecular complexity index is 296. The summed E-state index contributed by atoms with van der Waals surface area (Å²) in [6.07, 6.45) is 2.12. The van der Waals surface area contributed by atoms with Crippen LogP contribution in [0.2, 0.25) is 0 Å². The molecule has 64 valence electrons. The van der Waals surface area contributed by atoms with E-state index in [-0.39, 0.29) is 0 Å². The molecular weight excluding hydrogens is 166 g/mol. The van der Waals surface area contributed by atoms with E-state index >= 15 is 0 Å². The Labute approximate surface area is 77.6 Å². The van der Waals surface area contributed by atoms with Crippen LogP contribution >= 0.6 is 11.8 Å². The molecule has 0 fully saturated rings. The Morgan fingerprint density at radius 2 is 2.33 bits per heavy atom. The summed E-state index contributed by atoms with van der Waals surface area (Å²) in [5, 5.41) is 3.43. The highest BCUT2D eigenvalue weighted by atomic mass is 32.2. The zero-order valence-corrected chi connectivity index (χ0v) is 8.24. The maximum atomic E-state index is 3.43. The number of hydrogen-bond donors (Lipinski definition) is 1. The van der Waals surface area contributed by atoms with Crippen LogP contribution in [0.15, 0.2) is 23.1 Å².